The Balaban J connectivity index is 2.09. The molecule has 2 rings (SSSR count). The Hall–Kier alpha value is -1.36. The number of hydrogen-bond acceptors (Lipinski definition) is 5. The van der Waals surface area contributed by atoms with E-state index in [-0.39, 0.29) is 5.97 Å². The number of hydrogen-bond donors (Lipinski definition) is 2. The summed E-state index contributed by atoms with van der Waals surface area (Å²) in [5.41, 5.74) is 7.98. The average molecular weight is 280 g/mol. The molecule has 2 unspecified atom stereocenters. The molecule has 1 aromatic rings. The van der Waals surface area contributed by atoms with Gasteiger partial charge in [0.05, 0.1) is 24.0 Å². The molecule has 0 aromatic heterocycles. The summed E-state index contributed by atoms with van der Waals surface area (Å²) in [5.74, 6) is -0.337. The van der Waals surface area contributed by atoms with Gasteiger partial charge in [-0.05, 0) is 43.7 Å². The van der Waals surface area contributed by atoms with E-state index in [9.17, 15) is 4.79 Å². The van der Waals surface area contributed by atoms with E-state index in [4.69, 9.17) is 10.5 Å². The van der Waals surface area contributed by atoms with Crippen LogP contribution in [0.3, 0.4) is 0 Å². The van der Waals surface area contributed by atoms with Crippen LogP contribution in [0.1, 0.15) is 29.6 Å². The second-order valence-corrected chi connectivity index (χ2v) is 5.94. The third-order valence-electron chi connectivity index (χ3n) is 3.55. The number of rotatable bonds is 4. The SMILES string of the molecule is COC(=O)c1ccc(N)c(NC2CCC(SC)C2)c1. The van der Waals surface area contributed by atoms with Crippen molar-refractivity contribution in [3.05, 3.63) is 23.8 Å². The van der Waals surface area contributed by atoms with E-state index in [1.165, 1.54) is 13.5 Å². The topological polar surface area (TPSA) is 64.3 Å². The number of esters is 1. The van der Waals surface area contributed by atoms with Crippen LogP contribution in [0.15, 0.2) is 18.2 Å². The van der Waals surface area contributed by atoms with Gasteiger partial charge in [0.2, 0.25) is 0 Å². The van der Waals surface area contributed by atoms with Gasteiger partial charge in [-0.2, -0.15) is 11.8 Å². The van der Waals surface area contributed by atoms with Crippen molar-refractivity contribution < 1.29 is 9.53 Å². The first kappa shape index (κ1) is 14.1. The highest BCUT2D eigenvalue weighted by Crippen LogP contribution is 2.31. The maximum atomic E-state index is 11.5. The van der Waals surface area contributed by atoms with E-state index in [1.807, 2.05) is 11.8 Å². The van der Waals surface area contributed by atoms with E-state index in [0.29, 0.717) is 17.3 Å². The number of carbonyl (C=O) groups excluding carboxylic acids is 1. The first-order valence-corrected chi connectivity index (χ1v) is 7.70. The highest BCUT2D eigenvalue weighted by Gasteiger charge is 2.24. The van der Waals surface area contributed by atoms with Crippen molar-refractivity contribution in [2.45, 2.75) is 30.6 Å². The van der Waals surface area contributed by atoms with Crippen molar-refractivity contribution in [3.8, 4) is 0 Å². The summed E-state index contributed by atoms with van der Waals surface area (Å²) in [6, 6.07) is 5.64. The van der Waals surface area contributed by atoms with Crippen molar-refractivity contribution in [3.63, 3.8) is 0 Å². The summed E-state index contributed by atoms with van der Waals surface area (Å²) in [5, 5.41) is 4.17. The molecule has 4 nitrogen and oxygen atoms in total. The van der Waals surface area contributed by atoms with Gasteiger partial charge in [0.1, 0.15) is 0 Å². The molecule has 5 heteroatoms. The number of methoxy groups -OCH3 is 1. The van der Waals surface area contributed by atoms with Crippen molar-refractivity contribution in [1.29, 1.82) is 0 Å². The molecule has 1 fully saturated rings. The number of thioether (sulfide) groups is 1. The maximum absolute atomic E-state index is 11.5. The number of anilines is 2. The quantitative estimate of drug-likeness (QED) is 0.656. The molecular formula is C14H20N2O2S. The van der Waals surface area contributed by atoms with Gasteiger partial charge < -0.3 is 15.8 Å². The molecule has 104 valence electrons. The fraction of sp³-hybridized carbons (Fsp3) is 0.500. The zero-order valence-corrected chi connectivity index (χ0v) is 12.1. The minimum absolute atomic E-state index is 0.337. The minimum Gasteiger partial charge on any atom is -0.465 e. The minimum atomic E-state index is -0.337. The Kier molecular flexibility index (Phi) is 4.58. The number of nitrogens with two attached hydrogens (primary N) is 1. The van der Waals surface area contributed by atoms with Gasteiger partial charge in [0, 0.05) is 11.3 Å². The molecule has 0 aliphatic heterocycles. The Labute approximate surface area is 118 Å². The third kappa shape index (κ3) is 3.35. The molecule has 1 aliphatic carbocycles. The first-order valence-electron chi connectivity index (χ1n) is 6.41. The fourth-order valence-corrected chi connectivity index (χ4v) is 3.23. The van der Waals surface area contributed by atoms with Crippen LogP contribution < -0.4 is 11.1 Å². The lowest BCUT2D eigenvalue weighted by atomic mass is 10.1. The molecule has 0 bridgehead atoms. The lowest BCUT2D eigenvalue weighted by molar-refractivity contribution is 0.0601. The zero-order chi connectivity index (χ0) is 13.8. The Morgan fingerprint density at radius 1 is 1.47 bits per heavy atom. The standard InChI is InChI=1S/C14H20N2O2S/c1-18-14(17)9-3-6-12(15)13(7-9)16-10-4-5-11(8-10)19-2/h3,6-7,10-11,16H,4-5,8,15H2,1-2H3. The average Bonchev–Trinajstić information content (AvgIpc) is 2.88. The van der Waals surface area contributed by atoms with Gasteiger partial charge in [-0.3, -0.25) is 0 Å². The van der Waals surface area contributed by atoms with Crippen LogP contribution in [0, 0.1) is 0 Å². The van der Waals surface area contributed by atoms with Crippen LogP contribution in [-0.2, 0) is 4.74 Å². The normalized spacial score (nSPS) is 22.2. The van der Waals surface area contributed by atoms with Crippen molar-refractivity contribution >= 4 is 29.1 Å². The number of nitrogen functional groups attached to an aromatic ring is 1. The van der Waals surface area contributed by atoms with E-state index in [2.05, 4.69) is 11.6 Å². The van der Waals surface area contributed by atoms with Crippen LogP contribution in [0.5, 0.6) is 0 Å². The van der Waals surface area contributed by atoms with Crippen molar-refractivity contribution in [2.24, 2.45) is 0 Å². The number of nitrogens with one attached hydrogen (secondary N) is 1. The second kappa shape index (κ2) is 6.19. The molecule has 0 amide bonds. The predicted molar refractivity (Wildman–Crippen MR) is 80.8 cm³/mol. The summed E-state index contributed by atoms with van der Waals surface area (Å²) >= 11 is 1.92. The van der Waals surface area contributed by atoms with Gasteiger partial charge in [0.25, 0.3) is 0 Å². The summed E-state index contributed by atoms with van der Waals surface area (Å²) in [7, 11) is 1.38. The lowest BCUT2D eigenvalue weighted by Gasteiger charge is -2.16. The van der Waals surface area contributed by atoms with Gasteiger partial charge in [0.15, 0.2) is 0 Å². The molecule has 0 spiro atoms. The maximum Gasteiger partial charge on any atom is 0.337 e. The second-order valence-electron chi connectivity index (χ2n) is 4.81. The largest absolute Gasteiger partial charge is 0.465 e. The lowest BCUT2D eigenvalue weighted by Crippen LogP contribution is -2.17. The predicted octanol–water partition coefficient (Wildman–Crippen LogP) is 2.75. The van der Waals surface area contributed by atoms with Gasteiger partial charge in [-0.15, -0.1) is 0 Å². The van der Waals surface area contributed by atoms with E-state index in [1.54, 1.807) is 18.2 Å². The molecule has 0 radical (unpaired) electrons. The van der Waals surface area contributed by atoms with E-state index < -0.39 is 0 Å². The molecule has 0 saturated heterocycles. The van der Waals surface area contributed by atoms with Crippen LogP contribution in [0.4, 0.5) is 11.4 Å². The monoisotopic (exact) mass is 280 g/mol. The van der Waals surface area contributed by atoms with E-state index >= 15 is 0 Å². The van der Waals surface area contributed by atoms with E-state index in [0.717, 1.165) is 23.8 Å². The molecule has 1 aliphatic rings. The summed E-state index contributed by atoms with van der Waals surface area (Å²) < 4.78 is 4.72. The highest BCUT2D eigenvalue weighted by molar-refractivity contribution is 7.99. The molecule has 3 N–H and O–H groups in total. The summed E-state index contributed by atoms with van der Waals surface area (Å²) in [6.45, 7) is 0. The van der Waals surface area contributed by atoms with Gasteiger partial charge in [-0.1, -0.05) is 0 Å². The smallest absolute Gasteiger partial charge is 0.337 e. The first-order chi connectivity index (χ1) is 9.13. The molecule has 1 saturated carbocycles. The van der Waals surface area contributed by atoms with Crippen molar-refractivity contribution in [2.75, 3.05) is 24.4 Å². The fourth-order valence-electron chi connectivity index (χ4n) is 2.43. The van der Waals surface area contributed by atoms with Crippen LogP contribution in [0.25, 0.3) is 0 Å². The molecule has 19 heavy (non-hydrogen) atoms. The number of ether oxygens (including phenoxy) is 1. The summed E-state index contributed by atoms with van der Waals surface area (Å²) in [4.78, 5) is 11.5. The van der Waals surface area contributed by atoms with Gasteiger partial charge in [-0.25, -0.2) is 4.79 Å². The Morgan fingerprint density at radius 2 is 2.26 bits per heavy atom. The van der Waals surface area contributed by atoms with Crippen LogP contribution in [0.2, 0.25) is 0 Å². The highest BCUT2D eigenvalue weighted by atomic mass is 32.2. The summed E-state index contributed by atoms with van der Waals surface area (Å²) in [6.07, 6.45) is 5.67. The molecular weight excluding hydrogens is 260 g/mol. The zero-order valence-electron chi connectivity index (χ0n) is 11.3. The number of carbonyl (C=O) groups is 1. The molecule has 1 aromatic carbocycles. The molecule has 2 atom stereocenters. The Bertz CT molecular complexity index is 465. The van der Waals surface area contributed by atoms with Crippen molar-refractivity contribution in [1.82, 2.24) is 0 Å². The van der Waals surface area contributed by atoms with Gasteiger partial charge >= 0.3 is 5.97 Å². The number of benzene rings is 1. The molecule has 0 heterocycles. The van der Waals surface area contributed by atoms with Crippen LogP contribution in [-0.4, -0.2) is 30.6 Å². The van der Waals surface area contributed by atoms with Crippen LogP contribution >= 0.6 is 11.8 Å². The third-order valence-corrected chi connectivity index (χ3v) is 4.65. The Morgan fingerprint density at radius 3 is 2.89 bits per heavy atom.